The Labute approximate surface area is 84.8 Å². The molecule has 0 amide bonds. The van der Waals surface area contributed by atoms with Crippen molar-refractivity contribution in [2.75, 3.05) is 18.8 Å². The van der Waals surface area contributed by atoms with E-state index in [-0.39, 0.29) is 0 Å². The first-order valence-corrected chi connectivity index (χ1v) is 6.35. The summed E-state index contributed by atoms with van der Waals surface area (Å²) in [4.78, 5) is 0. The van der Waals surface area contributed by atoms with Gasteiger partial charge in [-0.05, 0) is 38.4 Å². The predicted molar refractivity (Wildman–Crippen MR) is 59.4 cm³/mol. The average molecular weight is 198 g/mol. The Balaban J connectivity index is 1.93. The van der Waals surface area contributed by atoms with Crippen LogP contribution in [0.5, 0.6) is 0 Å². The van der Waals surface area contributed by atoms with Gasteiger partial charge in [0.25, 0.3) is 0 Å². The third kappa shape index (κ3) is 2.39. The molecule has 0 aliphatic carbocycles. The van der Waals surface area contributed by atoms with Crippen LogP contribution in [0.2, 0.25) is 0 Å². The third-order valence-electron chi connectivity index (χ3n) is 2.80. The molecule has 0 aromatic heterocycles. The van der Waals surface area contributed by atoms with Crippen molar-refractivity contribution in [1.82, 2.24) is 5.01 Å². The van der Waals surface area contributed by atoms with Crippen molar-refractivity contribution >= 4 is 17.5 Å². The molecule has 0 saturated carbocycles. The predicted octanol–water partition coefficient (Wildman–Crippen LogP) is 2.35. The van der Waals surface area contributed by atoms with Gasteiger partial charge in [0.2, 0.25) is 0 Å². The highest BCUT2D eigenvalue weighted by Gasteiger charge is 2.19. The average Bonchev–Trinajstić information content (AvgIpc) is 2.54. The minimum Gasteiger partial charge on any atom is -0.297 e. The van der Waals surface area contributed by atoms with Gasteiger partial charge in [0.05, 0.1) is 5.71 Å². The van der Waals surface area contributed by atoms with E-state index >= 15 is 0 Å². The van der Waals surface area contributed by atoms with Crippen molar-refractivity contribution in [2.24, 2.45) is 5.10 Å². The molecule has 13 heavy (non-hydrogen) atoms. The van der Waals surface area contributed by atoms with Gasteiger partial charge >= 0.3 is 0 Å². The Morgan fingerprint density at radius 2 is 2.08 bits per heavy atom. The molecule has 2 aliphatic heterocycles. The maximum atomic E-state index is 4.75. The highest BCUT2D eigenvalue weighted by atomic mass is 32.2. The lowest BCUT2D eigenvalue weighted by Gasteiger charge is -2.24. The van der Waals surface area contributed by atoms with Crippen LogP contribution < -0.4 is 0 Å². The van der Waals surface area contributed by atoms with Gasteiger partial charge in [0, 0.05) is 18.3 Å². The van der Waals surface area contributed by atoms with Crippen LogP contribution in [0.25, 0.3) is 0 Å². The maximum absolute atomic E-state index is 4.75. The number of hydrogen-bond acceptors (Lipinski definition) is 3. The highest BCUT2D eigenvalue weighted by molar-refractivity contribution is 8.01. The van der Waals surface area contributed by atoms with E-state index in [2.05, 4.69) is 11.9 Å². The van der Waals surface area contributed by atoms with Gasteiger partial charge in [-0.1, -0.05) is 0 Å². The first-order chi connectivity index (χ1) is 6.36. The van der Waals surface area contributed by atoms with Crippen molar-refractivity contribution in [2.45, 2.75) is 37.9 Å². The van der Waals surface area contributed by atoms with Gasteiger partial charge < -0.3 is 0 Å². The van der Waals surface area contributed by atoms with E-state index < -0.39 is 0 Å². The van der Waals surface area contributed by atoms with E-state index in [4.69, 9.17) is 5.10 Å². The molecule has 2 nitrogen and oxygen atoms in total. The second kappa shape index (κ2) is 4.36. The van der Waals surface area contributed by atoms with Crippen molar-refractivity contribution in [3.8, 4) is 0 Å². The lowest BCUT2D eigenvalue weighted by atomic mass is 10.2. The topological polar surface area (TPSA) is 15.6 Å². The van der Waals surface area contributed by atoms with E-state index in [1.807, 2.05) is 11.8 Å². The summed E-state index contributed by atoms with van der Waals surface area (Å²) in [6, 6.07) is 0. The fourth-order valence-corrected chi connectivity index (χ4v) is 2.97. The Bertz CT molecular complexity index is 197. The van der Waals surface area contributed by atoms with Gasteiger partial charge in [-0.2, -0.15) is 16.9 Å². The zero-order chi connectivity index (χ0) is 9.10. The summed E-state index contributed by atoms with van der Waals surface area (Å²) in [5.41, 5.74) is 1.42. The molecular formula is C10H18N2S. The first kappa shape index (κ1) is 9.38. The fourth-order valence-electron chi connectivity index (χ4n) is 1.93. The summed E-state index contributed by atoms with van der Waals surface area (Å²) < 4.78 is 0. The van der Waals surface area contributed by atoms with E-state index in [0.29, 0.717) is 5.25 Å². The van der Waals surface area contributed by atoms with Crippen LogP contribution in [-0.2, 0) is 0 Å². The molecule has 2 fully saturated rings. The lowest BCUT2D eigenvalue weighted by molar-refractivity contribution is 0.238. The summed E-state index contributed by atoms with van der Waals surface area (Å²) >= 11 is 2.04. The number of nitrogens with zero attached hydrogens (tertiary/aromatic N) is 2. The molecule has 2 saturated heterocycles. The van der Waals surface area contributed by atoms with Crippen LogP contribution in [0.1, 0.15) is 32.6 Å². The smallest absolute Gasteiger partial charge is 0.0515 e. The van der Waals surface area contributed by atoms with Gasteiger partial charge in [-0.15, -0.1) is 0 Å². The van der Waals surface area contributed by atoms with Crippen molar-refractivity contribution in [1.29, 1.82) is 0 Å². The Morgan fingerprint density at radius 1 is 1.31 bits per heavy atom. The second-order valence-electron chi connectivity index (χ2n) is 3.87. The largest absolute Gasteiger partial charge is 0.297 e. The molecule has 0 aromatic rings. The molecule has 2 rings (SSSR count). The molecule has 2 aliphatic rings. The SMILES string of the molecule is CC1SCC/C1=N/N1CCCCC1. The van der Waals surface area contributed by atoms with Gasteiger partial charge in [-0.25, -0.2) is 0 Å². The lowest BCUT2D eigenvalue weighted by Crippen LogP contribution is -2.27. The number of rotatable bonds is 1. The van der Waals surface area contributed by atoms with Crippen molar-refractivity contribution in [3.63, 3.8) is 0 Å². The molecule has 1 unspecified atom stereocenters. The summed E-state index contributed by atoms with van der Waals surface area (Å²) in [6.07, 6.45) is 5.27. The molecule has 0 spiro atoms. The Kier molecular flexibility index (Phi) is 3.14. The zero-order valence-corrected chi connectivity index (χ0v) is 9.15. The molecule has 74 valence electrons. The summed E-state index contributed by atoms with van der Waals surface area (Å²) in [6.45, 7) is 4.64. The fraction of sp³-hybridized carbons (Fsp3) is 0.900. The molecule has 0 bridgehead atoms. The Hall–Kier alpha value is -0.180. The van der Waals surface area contributed by atoms with E-state index in [9.17, 15) is 0 Å². The van der Waals surface area contributed by atoms with E-state index in [0.717, 1.165) is 0 Å². The number of hydrazone groups is 1. The van der Waals surface area contributed by atoms with E-state index in [1.54, 1.807) is 0 Å². The molecule has 3 heteroatoms. The molecule has 1 atom stereocenters. The number of thioether (sulfide) groups is 1. The minimum atomic E-state index is 0.668. The third-order valence-corrected chi connectivity index (χ3v) is 4.01. The van der Waals surface area contributed by atoms with E-state index in [1.165, 1.54) is 50.2 Å². The van der Waals surface area contributed by atoms with Crippen LogP contribution in [-0.4, -0.2) is 34.8 Å². The van der Waals surface area contributed by atoms with Crippen molar-refractivity contribution < 1.29 is 0 Å². The molecule has 0 radical (unpaired) electrons. The second-order valence-corrected chi connectivity index (χ2v) is 5.32. The first-order valence-electron chi connectivity index (χ1n) is 5.30. The molecule has 2 heterocycles. The molecule has 0 N–H and O–H groups in total. The summed E-state index contributed by atoms with van der Waals surface area (Å²) in [5, 5.41) is 7.69. The van der Waals surface area contributed by atoms with Gasteiger partial charge in [-0.3, -0.25) is 5.01 Å². The Morgan fingerprint density at radius 3 is 2.69 bits per heavy atom. The van der Waals surface area contributed by atoms with Crippen LogP contribution in [0.15, 0.2) is 5.10 Å². The standard InChI is InChI=1S/C10H18N2S/c1-9-10(5-8-13-9)11-12-6-3-2-4-7-12/h9H,2-8H2,1H3/b11-10-. The van der Waals surface area contributed by atoms with Crippen molar-refractivity contribution in [3.05, 3.63) is 0 Å². The molecule has 0 aromatic carbocycles. The van der Waals surface area contributed by atoms with Crippen LogP contribution >= 0.6 is 11.8 Å². The highest BCUT2D eigenvalue weighted by Crippen LogP contribution is 2.24. The number of piperidine rings is 1. The monoisotopic (exact) mass is 198 g/mol. The van der Waals surface area contributed by atoms with Gasteiger partial charge in [0.1, 0.15) is 0 Å². The van der Waals surface area contributed by atoms with Crippen LogP contribution in [0, 0.1) is 0 Å². The normalized spacial score (nSPS) is 32.8. The summed E-state index contributed by atoms with van der Waals surface area (Å²) in [7, 11) is 0. The summed E-state index contributed by atoms with van der Waals surface area (Å²) in [5.74, 6) is 1.27. The van der Waals surface area contributed by atoms with Gasteiger partial charge in [0.15, 0.2) is 0 Å². The maximum Gasteiger partial charge on any atom is 0.0515 e. The zero-order valence-electron chi connectivity index (χ0n) is 8.33. The van der Waals surface area contributed by atoms with Crippen LogP contribution in [0.4, 0.5) is 0 Å². The quantitative estimate of drug-likeness (QED) is 0.643. The minimum absolute atomic E-state index is 0.668. The number of hydrogen-bond donors (Lipinski definition) is 0. The van der Waals surface area contributed by atoms with Crippen LogP contribution in [0.3, 0.4) is 0 Å². The molecular weight excluding hydrogens is 180 g/mol.